The van der Waals surface area contributed by atoms with Gasteiger partial charge >= 0.3 is 0 Å². The zero-order valence-corrected chi connectivity index (χ0v) is 19.0. The first-order valence-electron chi connectivity index (χ1n) is 11.2. The lowest BCUT2D eigenvalue weighted by Crippen LogP contribution is -2.47. The monoisotopic (exact) mass is 435 g/mol. The highest BCUT2D eigenvalue weighted by Crippen LogP contribution is 2.35. The molecule has 0 N–H and O–H groups in total. The fourth-order valence-corrected chi connectivity index (χ4v) is 4.86. The van der Waals surface area contributed by atoms with E-state index in [9.17, 15) is 4.79 Å². The lowest BCUT2D eigenvalue weighted by atomic mass is 9.99. The van der Waals surface area contributed by atoms with E-state index in [-0.39, 0.29) is 19.2 Å². The average Bonchev–Trinajstić information content (AvgIpc) is 3.34. The van der Waals surface area contributed by atoms with Crippen LogP contribution < -0.4 is 0 Å². The predicted octanol–water partition coefficient (Wildman–Crippen LogP) is 4.08. The van der Waals surface area contributed by atoms with Crippen LogP contribution in [0.2, 0.25) is 0 Å². The average molecular weight is 436 g/mol. The van der Waals surface area contributed by atoms with Crippen molar-refractivity contribution < 1.29 is 10.6 Å². The highest BCUT2D eigenvalue weighted by Gasteiger charge is 2.25. The standard InChI is InChI=1S/C25H28FN5O.H2/c1-15(2)31-16(3)28-24-21(26)12-17(13-23(24)31)19-5-6-22-20(19)11-18(14-27-22)25(32)30-9-7-29(4)8-10-30;/h5,11-15H,6-10H2,1-4H3;1H. The van der Waals surface area contributed by atoms with Gasteiger partial charge in [-0.25, -0.2) is 9.37 Å². The van der Waals surface area contributed by atoms with Crippen LogP contribution in [-0.2, 0) is 6.42 Å². The predicted molar refractivity (Wildman–Crippen MR) is 125 cm³/mol. The zero-order chi connectivity index (χ0) is 22.6. The molecule has 1 aliphatic heterocycles. The first-order valence-corrected chi connectivity index (χ1v) is 11.2. The Morgan fingerprint density at radius 3 is 2.62 bits per heavy atom. The fraction of sp³-hybridized carbons (Fsp3) is 0.400. The number of carbonyl (C=O) groups excluding carboxylic acids is 1. The Labute approximate surface area is 188 Å². The van der Waals surface area contributed by atoms with Gasteiger partial charge < -0.3 is 14.4 Å². The first kappa shape index (κ1) is 20.8. The number of hydrogen-bond donors (Lipinski definition) is 0. The molecular formula is C25H30FN5O. The molecule has 1 fully saturated rings. The van der Waals surface area contributed by atoms with Gasteiger partial charge in [0.1, 0.15) is 11.3 Å². The minimum Gasteiger partial charge on any atom is -0.336 e. The minimum absolute atomic E-state index is 0. The molecule has 1 aliphatic carbocycles. The van der Waals surface area contributed by atoms with Gasteiger partial charge in [-0.1, -0.05) is 6.08 Å². The van der Waals surface area contributed by atoms with E-state index < -0.39 is 0 Å². The van der Waals surface area contributed by atoms with Gasteiger partial charge in [0.05, 0.1) is 16.8 Å². The Morgan fingerprint density at radius 1 is 1.16 bits per heavy atom. The summed E-state index contributed by atoms with van der Waals surface area (Å²) < 4.78 is 17.1. The number of likely N-dealkylation sites (N-methyl/N-ethyl adjacent to an activating group) is 1. The van der Waals surface area contributed by atoms with E-state index in [1.54, 1.807) is 12.3 Å². The van der Waals surface area contributed by atoms with E-state index in [2.05, 4.69) is 46.4 Å². The van der Waals surface area contributed by atoms with Crippen LogP contribution in [-0.4, -0.2) is 63.5 Å². The lowest BCUT2D eigenvalue weighted by molar-refractivity contribution is 0.0663. The number of rotatable bonds is 3. The lowest BCUT2D eigenvalue weighted by Gasteiger charge is -2.32. The summed E-state index contributed by atoms with van der Waals surface area (Å²) in [6.07, 6.45) is 4.43. The van der Waals surface area contributed by atoms with Crippen LogP contribution in [0.1, 0.15) is 54.3 Å². The molecule has 1 saturated heterocycles. The van der Waals surface area contributed by atoms with Gasteiger partial charge in [0, 0.05) is 51.8 Å². The molecule has 0 unspecified atom stereocenters. The molecule has 7 heteroatoms. The quantitative estimate of drug-likeness (QED) is 0.622. The number of aromatic nitrogens is 3. The van der Waals surface area contributed by atoms with Crippen LogP contribution in [0.5, 0.6) is 0 Å². The molecular weight excluding hydrogens is 405 g/mol. The van der Waals surface area contributed by atoms with Crippen LogP contribution in [0.15, 0.2) is 30.5 Å². The maximum atomic E-state index is 15.0. The molecule has 5 rings (SSSR count). The van der Waals surface area contributed by atoms with Crippen LogP contribution in [0, 0.1) is 12.7 Å². The Morgan fingerprint density at radius 2 is 1.91 bits per heavy atom. The van der Waals surface area contributed by atoms with Gasteiger partial charge in [-0.3, -0.25) is 9.78 Å². The van der Waals surface area contributed by atoms with E-state index in [1.807, 2.05) is 24.0 Å². The number of amides is 1. The number of allylic oxidation sites excluding steroid dienone is 1. The van der Waals surface area contributed by atoms with Crippen LogP contribution >= 0.6 is 0 Å². The second-order valence-electron chi connectivity index (χ2n) is 9.08. The third-order valence-corrected chi connectivity index (χ3v) is 6.55. The number of benzene rings is 1. The summed E-state index contributed by atoms with van der Waals surface area (Å²) in [4.78, 5) is 26.2. The number of imidazole rings is 1. The Hall–Kier alpha value is -3.06. The molecule has 1 amide bonds. The number of hydrogen-bond acceptors (Lipinski definition) is 4. The van der Waals surface area contributed by atoms with Crippen molar-refractivity contribution in [3.63, 3.8) is 0 Å². The molecule has 0 saturated carbocycles. The number of halogens is 1. The molecule has 3 heterocycles. The molecule has 32 heavy (non-hydrogen) atoms. The fourth-order valence-electron chi connectivity index (χ4n) is 4.86. The summed E-state index contributed by atoms with van der Waals surface area (Å²) >= 11 is 0. The molecule has 0 atom stereocenters. The van der Waals surface area contributed by atoms with Gasteiger partial charge in [0.15, 0.2) is 5.82 Å². The third-order valence-electron chi connectivity index (χ3n) is 6.55. The van der Waals surface area contributed by atoms with Crippen LogP contribution in [0.3, 0.4) is 0 Å². The molecule has 6 nitrogen and oxygen atoms in total. The van der Waals surface area contributed by atoms with Crippen molar-refractivity contribution in [1.82, 2.24) is 24.3 Å². The van der Waals surface area contributed by atoms with Gasteiger partial charge in [-0.05, 0) is 57.2 Å². The number of fused-ring (bicyclic) bond motifs is 2. The van der Waals surface area contributed by atoms with E-state index in [1.165, 1.54) is 0 Å². The van der Waals surface area contributed by atoms with E-state index >= 15 is 4.39 Å². The summed E-state index contributed by atoms with van der Waals surface area (Å²) in [7, 11) is 2.07. The highest BCUT2D eigenvalue weighted by molar-refractivity contribution is 5.97. The van der Waals surface area contributed by atoms with E-state index in [0.29, 0.717) is 17.5 Å². The van der Waals surface area contributed by atoms with Gasteiger partial charge in [-0.15, -0.1) is 0 Å². The second kappa shape index (κ2) is 7.81. The Kier molecular flexibility index (Phi) is 5.08. The molecule has 0 radical (unpaired) electrons. The molecule has 0 spiro atoms. The number of aryl methyl sites for hydroxylation is 1. The molecule has 2 aliphatic rings. The topological polar surface area (TPSA) is 54.3 Å². The molecule has 168 valence electrons. The molecule has 1 aromatic carbocycles. The Balaban J connectivity index is 0.00000259. The second-order valence-corrected chi connectivity index (χ2v) is 9.08. The van der Waals surface area contributed by atoms with Crippen molar-refractivity contribution >= 4 is 22.5 Å². The maximum absolute atomic E-state index is 15.0. The summed E-state index contributed by atoms with van der Waals surface area (Å²) in [5, 5.41) is 0. The van der Waals surface area contributed by atoms with Crippen molar-refractivity contribution in [3.8, 4) is 0 Å². The third kappa shape index (κ3) is 3.41. The largest absolute Gasteiger partial charge is 0.336 e. The number of carbonyl (C=O) groups is 1. The SMILES string of the molecule is Cc1nc2c(F)cc(C3=CCc4ncc(C(=O)N5CCN(C)CC5)cc43)cc2n1C(C)C.[HH]. The van der Waals surface area contributed by atoms with Crippen molar-refractivity contribution in [1.29, 1.82) is 0 Å². The number of nitrogens with zero attached hydrogens (tertiary/aromatic N) is 5. The van der Waals surface area contributed by atoms with Crippen molar-refractivity contribution in [2.75, 3.05) is 33.2 Å². The summed E-state index contributed by atoms with van der Waals surface area (Å²) in [6.45, 7) is 9.23. The van der Waals surface area contributed by atoms with E-state index in [0.717, 1.165) is 59.9 Å². The summed E-state index contributed by atoms with van der Waals surface area (Å²) in [6, 6.07) is 5.66. The summed E-state index contributed by atoms with van der Waals surface area (Å²) in [5.41, 5.74) is 5.33. The number of piperazine rings is 1. The Bertz CT molecular complexity index is 1260. The van der Waals surface area contributed by atoms with E-state index in [4.69, 9.17) is 0 Å². The van der Waals surface area contributed by atoms with Crippen molar-refractivity contribution in [2.24, 2.45) is 0 Å². The normalized spacial score (nSPS) is 16.7. The van der Waals surface area contributed by atoms with Gasteiger partial charge in [0.25, 0.3) is 5.91 Å². The van der Waals surface area contributed by atoms with Crippen molar-refractivity contribution in [2.45, 2.75) is 33.2 Å². The number of pyridine rings is 1. The van der Waals surface area contributed by atoms with Crippen molar-refractivity contribution in [3.05, 3.63) is 64.5 Å². The smallest absolute Gasteiger partial charge is 0.255 e. The molecule has 3 aromatic rings. The summed E-state index contributed by atoms with van der Waals surface area (Å²) in [5.74, 6) is 0.482. The maximum Gasteiger partial charge on any atom is 0.255 e. The highest BCUT2D eigenvalue weighted by atomic mass is 19.1. The molecule has 2 aromatic heterocycles. The van der Waals surface area contributed by atoms with Gasteiger partial charge in [-0.2, -0.15) is 0 Å². The molecule has 0 bridgehead atoms. The minimum atomic E-state index is -0.327. The van der Waals surface area contributed by atoms with Crippen LogP contribution in [0.25, 0.3) is 16.6 Å². The van der Waals surface area contributed by atoms with Gasteiger partial charge in [0.2, 0.25) is 0 Å². The zero-order valence-electron chi connectivity index (χ0n) is 19.0. The van der Waals surface area contributed by atoms with Crippen LogP contribution in [0.4, 0.5) is 4.39 Å². The first-order chi connectivity index (χ1) is 15.3.